The number of ether oxygens (including phenoxy) is 1. The summed E-state index contributed by atoms with van der Waals surface area (Å²) < 4.78 is 4.63. The molecule has 0 radical (unpaired) electrons. The van der Waals surface area contributed by atoms with E-state index in [1.165, 1.54) is 28.7 Å². The van der Waals surface area contributed by atoms with Gasteiger partial charge in [-0.2, -0.15) is 0 Å². The van der Waals surface area contributed by atoms with Gasteiger partial charge in [0.1, 0.15) is 0 Å². The minimum Gasteiger partial charge on any atom is -0.469 e. The van der Waals surface area contributed by atoms with E-state index in [-0.39, 0.29) is 5.97 Å². The number of hydrogen-bond donors (Lipinski definition) is 0. The van der Waals surface area contributed by atoms with Crippen molar-refractivity contribution < 1.29 is 9.53 Å². The standard InChI is InChI=1S/C15H16O2S/c1-11-9-10-18-15(11)13-6-3-12(4-7-13)5-8-14(16)17-2/h3-4,6-7,9-10H,5,8H2,1-2H3. The summed E-state index contributed by atoms with van der Waals surface area (Å²) >= 11 is 1.76. The number of carbonyl (C=O) groups is 1. The molecule has 1 heterocycles. The summed E-state index contributed by atoms with van der Waals surface area (Å²) in [5.74, 6) is -0.159. The van der Waals surface area contributed by atoms with Crippen LogP contribution in [-0.4, -0.2) is 13.1 Å². The highest BCUT2D eigenvalue weighted by Crippen LogP contribution is 2.29. The van der Waals surface area contributed by atoms with Gasteiger partial charge in [0.2, 0.25) is 0 Å². The molecule has 1 aromatic carbocycles. The Morgan fingerprint density at radius 3 is 2.50 bits per heavy atom. The van der Waals surface area contributed by atoms with Gasteiger partial charge in [0.25, 0.3) is 0 Å². The van der Waals surface area contributed by atoms with Crippen molar-refractivity contribution in [2.45, 2.75) is 19.8 Å². The van der Waals surface area contributed by atoms with Crippen LogP contribution < -0.4 is 0 Å². The Balaban J connectivity index is 2.06. The predicted octanol–water partition coefficient (Wildman–Crippen LogP) is 3.83. The number of carbonyl (C=O) groups excluding carboxylic acids is 1. The maximum Gasteiger partial charge on any atom is 0.305 e. The first-order valence-electron chi connectivity index (χ1n) is 5.91. The van der Waals surface area contributed by atoms with Gasteiger partial charge in [-0.3, -0.25) is 4.79 Å². The Morgan fingerprint density at radius 1 is 1.22 bits per heavy atom. The zero-order chi connectivity index (χ0) is 13.0. The third-order valence-electron chi connectivity index (χ3n) is 2.92. The molecular formula is C15H16O2S. The van der Waals surface area contributed by atoms with Crippen molar-refractivity contribution in [2.75, 3.05) is 7.11 Å². The maximum atomic E-state index is 11.1. The summed E-state index contributed by atoms with van der Waals surface area (Å²) in [5.41, 5.74) is 3.71. The first-order valence-corrected chi connectivity index (χ1v) is 6.79. The van der Waals surface area contributed by atoms with Crippen LogP contribution in [0, 0.1) is 6.92 Å². The lowest BCUT2D eigenvalue weighted by atomic mass is 10.1. The second kappa shape index (κ2) is 5.83. The fraction of sp³-hybridized carbons (Fsp3) is 0.267. The van der Waals surface area contributed by atoms with E-state index in [2.05, 4.69) is 47.4 Å². The van der Waals surface area contributed by atoms with Gasteiger partial charge in [-0.15, -0.1) is 11.3 Å². The molecule has 0 saturated heterocycles. The van der Waals surface area contributed by atoms with E-state index in [9.17, 15) is 4.79 Å². The Morgan fingerprint density at radius 2 is 1.94 bits per heavy atom. The van der Waals surface area contributed by atoms with E-state index in [0.29, 0.717) is 6.42 Å². The van der Waals surface area contributed by atoms with Crippen molar-refractivity contribution in [3.63, 3.8) is 0 Å². The molecule has 0 atom stereocenters. The van der Waals surface area contributed by atoms with Gasteiger partial charge in [0.05, 0.1) is 7.11 Å². The van der Waals surface area contributed by atoms with Crippen LogP contribution in [0.25, 0.3) is 10.4 Å². The number of rotatable bonds is 4. The third kappa shape index (κ3) is 2.99. The second-order valence-corrected chi connectivity index (χ2v) is 5.12. The van der Waals surface area contributed by atoms with Crippen molar-refractivity contribution in [2.24, 2.45) is 0 Å². The number of hydrogen-bond acceptors (Lipinski definition) is 3. The highest BCUT2D eigenvalue weighted by Gasteiger charge is 2.04. The topological polar surface area (TPSA) is 26.3 Å². The quantitative estimate of drug-likeness (QED) is 0.781. The van der Waals surface area contributed by atoms with Crippen LogP contribution in [0.5, 0.6) is 0 Å². The number of methoxy groups -OCH3 is 1. The lowest BCUT2D eigenvalue weighted by molar-refractivity contribution is -0.140. The van der Waals surface area contributed by atoms with E-state index < -0.39 is 0 Å². The minimum absolute atomic E-state index is 0.159. The molecule has 0 aliphatic heterocycles. The molecule has 2 rings (SSSR count). The molecule has 1 aromatic heterocycles. The molecule has 0 bridgehead atoms. The number of aryl methyl sites for hydroxylation is 2. The second-order valence-electron chi connectivity index (χ2n) is 4.21. The molecule has 0 aliphatic carbocycles. The molecule has 0 amide bonds. The average molecular weight is 260 g/mol. The van der Waals surface area contributed by atoms with E-state index in [0.717, 1.165) is 6.42 Å². The van der Waals surface area contributed by atoms with Crippen LogP contribution in [-0.2, 0) is 16.0 Å². The molecular weight excluding hydrogens is 244 g/mol. The van der Waals surface area contributed by atoms with Crippen molar-refractivity contribution in [3.05, 3.63) is 46.8 Å². The van der Waals surface area contributed by atoms with Crippen molar-refractivity contribution in [1.82, 2.24) is 0 Å². The summed E-state index contributed by atoms with van der Waals surface area (Å²) in [6, 6.07) is 10.5. The normalized spacial score (nSPS) is 10.3. The zero-order valence-electron chi connectivity index (χ0n) is 10.6. The molecule has 0 aliphatic rings. The van der Waals surface area contributed by atoms with Gasteiger partial charge in [-0.05, 0) is 41.5 Å². The Labute approximate surface area is 111 Å². The Kier molecular flexibility index (Phi) is 4.15. The van der Waals surface area contributed by atoms with Gasteiger partial charge in [-0.1, -0.05) is 24.3 Å². The summed E-state index contributed by atoms with van der Waals surface area (Å²) in [4.78, 5) is 12.4. The minimum atomic E-state index is -0.159. The fourth-order valence-corrected chi connectivity index (χ4v) is 2.77. The van der Waals surface area contributed by atoms with Gasteiger partial charge in [0, 0.05) is 11.3 Å². The Hall–Kier alpha value is -1.61. The third-order valence-corrected chi connectivity index (χ3v) is 3.99. The molecule has 0 spiro atoms. The van der Waals surface area contributed by atoms with E-state index >= 15 is 0 Å². The maximum absolute atomic E-state index is 11.1. The average Bonchev–Trinajstić information content (AvgIpc) is 2.83. The van der Waals surface area contributed by atoms with Crippen molar-refractivity contribution in [3.8, 4) is 10.4 Å². The van der Waals surface area contributed by atoms with Gasteiger partial charge < -0.3 is 4.74 Å². The van der Waals surface area contributed by atoms with E-state index in [4.69, 9.17) is 0 Å². The van der Waals surface area contributed by atoms with Crippen molar-refractivity contribution in [1.29, 1.82) is 0 Å². The van der Waals surface area contributed by atoms with E-state index in [1.807, 2.05) is 0 Å². The fourth-order valence-electron chi connectivity index (χ4n) is 1.84. The largest absolute Gasteiger partial charge is 0.469 e. The molecule has 94 valence electrons. The molecule has 2 nitrogen and oxygen atoms in total. The summed E-state index contributed by atoms with van der Waals surface area (Å²) in [5, 5.41) is 2.11. The molecule has 18 heavy (non-hydrogen) atoms. The number of benzene rings is 1. The van der Waals surface area contributed by atoms with Gasteiger partial charge in [0.15, 0.2) is 0 Å². The molecule has 2 aromatic rings. The van der Waals surface area contributed by atoms with Crippen LogP contribution in [0.1, 0.15) is 17.5 Å². The lowest BCUT2D eigenvalue weighted by Gasteiger charge is -2.03. The molecule has 0 N–H and O–H groups in total. The van der Waals surface area contributed by atoms with Crippen LogP contribution in [0.15, 0.2) is 35.7 Å². The van der Waals surface area contributed by atoms with E-state index in [1.54, 1.807) is 11.3 Å². The summed E-state index contributed by atoms with van der Waals surface area (Å²) in [6.45, 7) is 2.12. The van der Waals surface area contributed by atoms with Crippen LogP contribution in [0.2, 0.25) is 0 Å². The van der Waals surface area contributed by atoms with Crippen LogP contribution >= 0.6 is 11.3 Å². The van der Waals surface area contributed by atoms with Crippen LogP contribution in [0.4, 0.5) is 0 Å². The Bertz CT molecular complexity index is 526. The molecule has 0 unspecified atom stereocenters. The molecule has 3 heteroatoms. The van der Waals surface area contributed by atoms with Crippen molar-refractivity contribution >= 4 is 17.3 Å². The highest BCUT2D eigenvalue weighted by atomic mass is 32.1. The first-order chi connectivity index (χ1) is 8.70. The van der Waals surface area contributed by atoms with Gasteiger partial charge in [-0.25, -0.2) is 0 Å². The lowest BCUT2D eigenvalue weighted by Crippen LogP contribution is -2.01. The molecule has 0 saturated carbocycles. The predicted molar refractivity (Wildman–Crippen MR) is 74.8 cm³/mol. The smallest absolute Gasteiger partial charge is 0.305 e. The SMILES string of the molecule is COC(=O)CCc1ccc(-c2sccc2C)cc1. The summed E-state index contributed by atoms with van der Waals surface area (Å²) in [7, 11) is 1.42. The first kappa shape index (κ1) is 12.8. The molecule has 0 fully saturated rings. The summed E-state index contributed by atoms with van der Waals surface area (Å²) in [6.07, 6.45) is 1.17. The number of thiophene rings is 1. The van der Waals surface area contributed by atoms with Gasteiger partial charge >= 0.3 is 5.97 Å². The monoisotopic (exact) mass is 260 g/mol. The number of esters is 1. The highest BCUT2D eigenvalue weighted by molar-refractivity contribution is 7.13. The van der Waals surface area contributed by atoms with Crippen LogP contribution in [0.3, 0.4) is 0 Å². The zero-order valence-corrected chi connectivity index (χ0v) is 11.4.